The largest absolute Gasteiger partial charge is 0.508 e. The van der Waals surface area contributed by atoms with Crippen LogP contribution in [0.4, 0.5) is 5.82 Å². The van der Waals surface area contributed by atoms with Gasteiger partial charge in [-0.2, -0.15) is 4.57 Å². The minimum atomic E-state index is -0.602. The highest BCUT2D eigenvalue weighted by atomic mass is 16.3. The molecule has 2 aromatic carbocycles. The summed E-state index contributed by atoms with van der Waals surface area (Å²) in [4.78, 5) is 30.5. The molecule has 28 heavy (non-hydrogen) atoms. The molecule has 0 amide bonds. The third kappa shape index (κ3) is 2.07. The van der Waals surface area contributed by atoms with E-state index in [1.54, 1.807) is 19.2 Å². The Morgan fingerprint density at radius 1 is 1.00 bits per heavy atom. The van der Waals surface area contributed by atoms with Gasteiger partial charge in [0, 0.05) is 11.1 Å². The first-order valence-corrected chi connectivity index (χ1v) is 8.76. The van der Waals surface area contributed by atoms with Gasteiger partial charge in [0.25, 0.3) is 11.4 Å². The molecule has 1 aliphatic heterocycles. The monoisotopic (exact) mass is 374 g/mol. The maximum Gasteiger partial charge on any atom is 0.415 e. The lowest BCUT2D eigenvalue weighted by atomic mass is 9.81. The number of nitrogens with one attached hydrogen (secondary N) is 2. The number of aliphatic hydroxyl groups excluding tert-OH is 1. The van der Waals surface area contributed by atoms with Crippen LogP contribution in [0.25, 0.3) is 5.76 Å². The molecule has 7 heteroatoms. The normalized spacial score (nSPS) is 17.0. The van der Waals surface area contributed by atoms with Crippen molar-refractivity contribution in [3.8, 4) is 5.75 Å². The maximum absolute atomic E-state index is 12.8. The van der Waals surface area contributed by atoms with Gasteiger partial charge in [0.05, 0.1) is 18.5 Å². The summed E-state index contributed by atoms with van der Waals surface area (Å²) in [6.45, 7) is 0. The number of phenolic OH excluding ortho intramolecular Hbond substituents is 1. The predicted octanol–water partition coefficient (Wildman–Crippen LogP) is 0.409. The molecule has 3 aromatic rings. The smallest absolute Gasteiger partial charge is 0.415 e. The van der Waals surface area contributed by atoms with Gasteiger partial charge in [-0.1, -0.05) is 30.3 Å². The zero-order valence-corrected chi connectivity index (χ0v) is 14.9. The number of rotatable bonds is 1. The second-order valence-corrected chi connectivity index (χ2v) is 6.91. The Labute approximate surface area is 158 Å². The van der Waals surface area contributed by atoms with E-state index in [-0.39, 0.29) is 11.5 Å². The topological polar surface area (TPSA) is 109 Å². The van der Waals surface area contributed by atoms with Crippen LogP contribution >= 0.6 is 0 Å². The molecule has 0 radical (unpaired) electrons. The molecule has 138 valence electrons. The molecule has 0 fully saturated rings. The van der Waals surface area contributed by atoms with Gasteiger partial charge in [0.1, 0.15) is 22.8 Å². The lowest BCUT2D eigenvalue weighted by Gasteiger charge is -2.23. The van der Waals surface area contributed by atoms with Crippen molar-refractivity contribution in [2.75, 3.05) is 0 Å². The zero-order chi connectivity index (χ0) is 19.6. The molecule has 1 atom stereocenters. The number of benzene rings is 2. The molecule has 4 N–H and O–H groups in total. The van der Waals surface area contributed by atoms with Gasteiger partial charge in [-0.05, 0) is 23.8 Å². The fourth-order valence-electron chi connectivity index (χ4n) is 4.05. The summed E-state index contributed by atoms with van der Waals surface area (Å²) in [5.41, 5.74) is 2.73. The molecule has 0 bridgehead atoms. The Hall–Kier alpha value is -3.87. The van der Waals surface area contributed by atoms with Crippen LogP contribution in [-0.2, 0) is 7.05 Å². The Morgan fingerprint density at radius 2 is 1.68 bits per heavy atom. The Balaban J connectivity index is 1.92. The van der Waals surface area contributed by atoms with E-state index in [0.717, 1.165) is 11.1 Å². The Bertz CT molecular complexity index is 1330. The summed E-state index contributed by atoms with van der Waals surface area (Å²) in [6.07, 6.45) is 0. The lowest BCUT2D eigenvalue weighted by molar-refractivity contribution is -0.363. The zero-order valence-electron chi connectivity index (χ0n) is 14.9. The van der Waals surface area contributed by atoms with Crippen molar-refractivity contribution in [1.82, 2.24) is 9.55 Å². The first-order chi connectivity index (χ1) is 13.5. The van der Waals surface area contributed by atoms with Crippen LogP contribution in [0.1, 0.15) is 28.2 Å². The number of hydrogen-bond donors (Lipinski definition) is 4. The molecule has 1 aliphatic carbocycles. The maximum atomic E-state index is 12.8. The van der Waals surface area contributed by atoms with Crippen LogP contribution < -0.4 is 16.2 Å². The summed E-state index contributed by atoms with van der Waals surface area (Å²) < 4.78 is 1.35. The van der Waals surface area contributed by atoms with E-state index in [1.165, 1.54) is 16.7 Å². The highest BCUT2D eigenvalue weighted by Gasteiger charge is 2.43. The number of H-pyrrole nitrogens is 1. The molecule has 0 saturated heterocycles. The van der Waals surface area contributed by atoms with Gasteiger partial charge < -0.3 is 10.2 Å². The van der Waals surface area contributed by atoms with E-state index in [2.05, 4.69) is 9.98 Å². The molecule has 0 saturated carbocycles. The van der Waals surface area contributed by atoms with E-state index < -0.39 is 17.2 Å². The van der Waals surface area contributed by atoms with E-state index in [1.807, 2.05) is 24.3 Å². The summed E-state index contributed by atoms with van der Waals surface area (Å²) in [5.74, 6) is -0.0238. The fraction of sp³-hybridized carbons (Fsp3) is 0.0952. The van der Waals surface area contributed by atoms with Crippen LogP contribution in [-0.4, -0.2) is 25.5 Å². The van der Waals surface area contributed by atoms with Crippen molar-refractivity contribution < 1.29 is 15.2 Å². The van der Waals surface area contributed by atoms with Gasteiger partial charge in [0.2, 0.25) is 0 Å². The Morgan fingerprint density at radius 3 is 2.39 bits per heavy atom. The van der Waals surface area contributed by atoms with Crippen molar-refractivity contribution >= 4 is 17.3 Å². The number of hydrogen-bond acceptors (Lipinski definition) is 4. The fourth-order valence-corrected chi connectivity index (χ4v) is 4.05. The molecular formula is C21H16N3O4+. The number of aromatic amines is 1. The van der Waals surface area contributed by atoms with E-state index >= 15 is 0 Å². The van der Waals surface area contributed by atoms with Gasteiger partial charge >= 0.3 is 5.69 Å². The SMILES string of the molecule is Cn1c2c(c(=O)[nH]c1=O)C(c1ccc(O)cc1)C1=C(O)c3ccccc3C1=[NH+]2. The minimum absolute atomic E-state index is 0.0927. The third-order valence-electron chi connectivity index (χ3n) is 5.38. The van der Waals surface area contributed by atoms with Gasteiger partial charge in [-0.25, -0.2) is 9.79 Å². The minimum Gasteiger partial charge on any atom is -0.508 e. The second-order valence-electron chi connectivity index (χ2n) is 6.91. The first kappa shape index (κ1) is 16.3. The highest BCUT2D eigenvalue weighted by Crippen LogP contribution is 2.43. The van der Waals surface area contributed by atoms with E-state index in [9.17, 15) is 19.8 Å². The van der Waals surface area contributed by atoms with Crippen molar-refractivity contribution in [3.63, 3.8) is 0 Å². The molecule has 2 heterocycles. The van der Waals surface area contributed by atoms with E-state index in [4.69, 9.17) is 0 Å². The number of fused-ring (bicyclic) bond motifs is 4. The van der Waals surface area contributed by atoms with Crippen LogP contribution in [0.3, 0.4) is 0 Å². The van der Waals surface area contributed by atoms with Gasteiger partial charge in [-0.3, -0.25) is 9.78 Å². The summed E-state index contributed by atoms with van der Waals surface area (Å²) in [7, 11) is 1.58. The average Bonchev–Trinajstić information content (AvgIpc) is 2.98. The molecule has 1 unspecified atom stereocenters. The molecule has 5 rings (SSSR count). The molecule has 2 aliphatic rings. The highest BCUT2D eigenvalue weighted by molar-refractivity contribution is 6.21. The van der Waals surface area contributed by atoms with E-state index in [0.29, 0.717) is 28.2 Å². The molecule has 1 aromatic heterocycles. The summed E-state index contributed by atoms with van der Waals surface area (Å²) in [5, 5.41) is 20.7. The lowest BCUT2D eigenvalue weighted by Crippen LogP contribution is -2.72. The summed E-state index contributed by atoms with van der Waals surface area (Å²) in [6, 6.07) is 13.9. The number of nitrogens with zero attached hydrogens (tertiary/aromatic N) is 1. The number of aliphatic hydroxyl groups is 1. The third-order valence-corrected chi connectivity index (χ3v) is 5.38. The number of phenols is 1. The van der Waals surface area contributed by atoms with Crippen LogP contribution in [0.2, 0.25) is 0 Å². The van der Waals surface area contributed by atoms with Gasteiger partial charge in [-0.15, -0.1) is 0 Å². The number of aromatic hydroxyl groups is 1. The van der Waals surface area contributed by atoms with Crippen molar-refractivity contribution in [3.05, 3.63) is 97.2 Å². The van der Waals surface area contributed by atoms with Crippen LogP contribution in [0.5, 0.6) is 5.75 Å². The number of aromatic nitrogens is 2. The van der Waals surface area contributed by atoms with Crippen LogP contribution in [0, 0.1) is 0 Å². The first-order valence-electron chi connectivity index (χ1n) is 8.76. The van der Waals surface area contributed by atoms with Crippen molar-refractivity contribution in [1.29, 1.82) is 0 Å². The van der Waals surface area contributed by atoms with Crippen LogP contribution in [0.15, 0.2) is 63.7 Å². The molecule has 7 nitrogen and oxygen atoms in total. The quantitative estimate of drug-likeness (QED) is 0.495. The molecular weight excluding hydrogens is 358 g/mol. The van der Waals surface area contributed by atoms with Crippen molar-refractivity contribution in [2.45, 2.75) is 5.92 Å². The predicted molar refractivity (Wildman–Crippen MR) is 103 cm³/mol. The second kappa shape index (κ2) is 5.56. The average molecular weight is 374 g/mol. The van der Waals surface area contributed by atoms with Crippen molar-refractivity contribution in [2.24, 2.45) is 7.05 Å². The summed E-state index contributed by atoms with van der Waals surface area (Å²) >= 11 is 0. The van der Waals surface area contributed by atoms with Gasteiger partial charge in [0.15, 0.2) is 0 Å². The molecule has 0 spiro atoms. The Kier molecular flexibility index (Phi) is 3.24. The number of allylic oxidation sites excluding steroid dienone is 1. The standard InChI is InChI=1S/C21H15N3O4/c1-24-19-16(20(27)23-21(24)28)14(10-6-8-11(25)9-7-10)15-17(22-19)12-4-2-3-5-13(12)18(15)26/h2-9,14,25-26H,1H3,(H,23,27,28)/p+1.